The Balaban J connectivity index is 0.000000421. The number of benzene rings is 1. The number of rotatable bonds is 3. The molecule has 0 fully saturated rings. The highest BCUT2D eigenvalue weighted by molar-refractivity contribution is 5.82. The van der Waals surface area contributed by atoms with E-state index >= 15 is 0 Å². The summed E-state index contributed by atoms with van der Waals surface area (Å²) < 4.78 is 0. The topological polar surface area (TPSA) is 12.9 Å². The van der Waals surface area contributed by atoms with Gasteiger partial charge in [0.2, 0.25) is 0 Å². The van der Waals surface area contributed by atoms with Crippen molar-refractivity contribution in [2.45, 2.75) is 94.9 Å². The van der Waals surface area contributed by atoms with Gasteiger partial charge in [0.25, 0.3) is 0 Å². The van der Waals surface area contributed by atoms with Crippen LogP contribution in [0.3, 0.4) is 0 Å². The summed E-state index contributed by atoms with van der Waals surface area (Å²) in [6, 6.07) is 8.50. The molecule has 2 rings (SSSR count). The van der Waals surface area contributed by atoms with Crippen molar-refractivity contribution >= 4 is 10.9 Å². The minimum atomic E-state index is 0.446. The van der Waals surface area contributed by atoms with Crippen LogP contribution in [0.2, 0.25) is 0 Å². The fourth-order valence-electron chi connectivity index (χ4n) is 2.16. The van der Waals surface area contributed by atoms with Gasteiger partial charge in [0.1, 0.15) is 0 Å². The molecule has 0 N–H and O–H groups in total. The fraction of sp³-hybridized carbons (Fsp3) is 0.640. The predicted octanol–water partition coefficient (Wildman–Crippen LogP) is 8.38. The van der Waals surface area contributed by atoms with Gasteiger partial charge in [-0.1, -0.05) is 93.2 Å². The molecule has 0 bridgehead atoms. The standard InChI is InChI=1S/C12H13N.C9H20.C4H10/c1-3-10-6-7-13-12-5-4-9(2)8-11(10)12;1-7-9(5,6)8(2,3)4;1-3-4-2/h4-8H,3H2,1-2H3;7H2,1-6H3;3-4H2,1-2H3. The number of aryl methyl sites for hydroxylation is 2. The summed E-state index contributed by atoms with van der Waals surface area (Å²) >= 11 is 0. The number of pyridine rings is 1. The van der Waals surface area contributed by atoms with Crippen molar-refractivity contribution in [1.82, 2.24) is 4.98 Å². The van der Waals surface area contributed by atoms with E-state index in [1.165, 1.54) is 35.8 Å². The van der Waals surface area contributed by atoms with Crippen molar-refractivity contribution in [1.29, 1.82) is 0 Å². The van der Waals surface area contributed by atoms with E-state index in [2.05, 4.69) is 98.5 Å². The number of hydrogen-bond acceptors (Lipinski definition) is 1. The predicted molar refractivity (Wildman–Crippen MR) is 120 cm³/mol. The van der Waals surface area contributed by atoms with Gasteiger partial charge >= 0.3 is 0 Å². The second kappa shape index (κ2) is 11.4. The quantitative estimate of drug-likeness (QED) is 0.537. The Morgan fingerprint density at radius 2 is 1.42 bits per heavy atom. The van der Waals surface area contributed by atoms with Crippen LogP contribution in [0.5, 0.6) is 0 Å². The van der Waals surface area contributed by atoms with Crippen LogP contribution in [0.25, 0.3) is 10.9 Å². The molecule has 0 atom stereocenters. The Hall–Kier alpha value is -1.37. The maximum Gasteiger partial charge on any atom is 0.0704 e. The lowest BCUT2D eigenvalue weighted by molar-refractivity contribution is 0.126. The Kier molecular flexibility index (Phi) is 10.8. The summed E-state index contributed by atoms with van der Waals surface area (Å²) in [6.07, 6.45) is 6.86. The van der Waals surface area contributed by atoms with Gasteiger partial charge in [-0.05, 0) is 47.9 Å². The van der Waals surface area contributed by atoms with E-state index in [4.69, 9.17) is 0 Å². The van der Waals surface area contributed by atoms with E-state index in [1.807, 2.05) is 6.20 Å². The van der Waals surface area contributed by atoms with Gasteiger partial charge in [0, 0.05) is 11.6 Å². The van der Waals surface area contributed by atoms with Gasteiger partial charge in [0.15, 0.2) is 0 Å². The summed E-state index contributed by atoms with van der Waals surface area (Å²) in [7, 11) is 0. The van der Waals surface area contributed by atoms with Crippen LogP contribution in [0, 0.1) is 17.8 Å². The highest BCUT2D eigenvalue weighted by atomic mass is 14.6. The zero-order valence-corrected chi connectivity index (χ0v) is 19.2. The fourth-order valence-corrected chi connectivity index (χ4v) is 2.16. The van der Waals surface area contributed by atoms with E-state index in [-0.39, 0.29) is 0 Å². The van der Waals surface area contributed by atoms with Crippen molar-refractivity contribution < 1.29 is 0 Å². The van der Waals surface area contributed by atoms with Gasteiger partial charge < -0.3 is 0 Å². The molecule has 1 heteroatoms. The first kappa shape index (κ1) is 24.6. The summed E-state index contributed by atoms with van der Waals surface area (Å²) in [5, 5.41) is 1.30. The van der Waals surface area contributed by atoms with Gasteiger partial charge in [-0.15, -0.1) is 0 Å². The number of hydrogen-bond donors (Lipinski definition) is 0. The third-order valence-electron chi connectivity index (χ3n) is 5.78. The minimum Gasteiger partial charge on any atom is -0.256 e. The maximum atomic E-state index is 4.33. The van der Waals surface area contributed by atoms with Crippen molar-refractivity contribution in [2.24, 2.45) is 10.8 Å². The normalized spacial score (nSPS) is 11.3. The number of aromatic nitrogens is 1. The van der Waals surface area contributed by atoms with Crippen LogP contribution < -0.4 is 0 Å². The van der Waals surface area contributed by atoms with Gasteiger partial charge in [0.05, 0.1) is 5.52 Å². The van der Waals surface area contributed by atoms with Crippen molar-refractivity contribution in [3.8, 4) is 0 Å². The largest absolute Gasteiger partial charge is 0.256 e. The summed E-state index contributed by atoms with van der Waals surface area (Å²) in [5.74, 6) is 0. The molecule has 0 aliphatic heterocycles. The molecule has 0 unspecified atom stereocenters. The third-order valence-corrected chi connectivity index (χ3v) is 5.78. The minimum absolute atomic E-state index is 0.446. The molecule has 1 aromatic heterocycles. The highest BCUT2D eigenvalue weighted by Gasteiger charge is 2.30. The van der Waals surface area contributed by atoms with E-state index in [1.54, 1.807) is 0 Å². The lowest BCUT2D eigenvalue weighted by Gasteiger charge is -2.37. The molecule has 0 saturated heterocycles. The number of nitrogens with zero attached hydrogens (tertiary/aromatic N) is 1. The Morgan fingerprint density at radius 3 is 1.81 bits per heavy atom. The van der Waals surface area contributed by atoms with Crippen molar-refractivity contribution in [2.75, 3.05) is 0 Å². The molecule has 0 saturated carbocycles. The molecule has 148 valence electrons. The average Bonchev–Trinajstić information content (AvgIpc) is 2.61. The third kappa shape index (κ3) is 7.89. The lowest BCUT2D eigenvalue weighted by Crippen LogP contribution is -2.28. The van der Waals surface area contributed by atoms with Gasteiger partial charge in [-0.25, -0.2) is 0 Å². The molecular formula is C25H43N. The second-order valence-corrected chi connectivity index (χ2v) is 8.83. The molecule has 26 heavy (non-hydrogen) atoms. The van der Waals surface area contributed by atoms with Crippen molar-refractivity contribution in [3.05, 3.63) is 41.6 Å². The molecule has 0 radical (unpaired) electrons. The van der Waals surface area contributed by atoms with Crippen LogP contribution in [0.1, 0.15) is 92.7 Å². The van der Waals surface area contributed by atoms with E-state index in [0.29, 0.717) is 10.8 Å². The zero-order chi connectivity index (χ0) is 20.4. The van der Waals surface area contributed by atoms with Gasteiger partial charge in [-0.2, -0.15) is 0 Å². The first-order valence-electron chi connectivity index (χ1n) is 10.4. The average molecular weight is 358 g/mol. The van der Waals surface area contributed by atoms with Crippen LogP contribution in [-0.2, 0) is 6.42 Å². The Labute approximate surface area is 163 Å². The first-order chi connectivity index (χ1) is 12.0. The lowest BCUT2D eigenvalue weighted by atomic mass is 9.68. The second-order valence-electron chi connectivity index (χ2n) is 8.83. The Bertz CT molecular complexity index is 630. The van der Waals surface area contributed by atoms with Gasteiger partial charge in [-0.3, -0.25) is 4.98 Å². The SMILES string of the molecule is CCC(C)(C)C(C)(C)C.CCCC.CCc1ccnc2ccc(C)cc12. The number of unbranched alkanes of at least 4 members (excludes halogenated alkanes) is 1. The molecule has 1 nitrogen and oxygen atoms in total. The van der Waals surface area contributed by atoms with Crippen LogP contribution in [0.15, 0.2) is 30.5 Å². The van der Waals surface area contributed by atoms with Crippen LogP contribution in [-0.4, -0.2) is 4.98 Å². The molecule has 0 aliphatic carbocycles. The molecule has 0 aliphatic rings. The summed E-state index contributed by atoms with van der Waals surface area (Å²) in [5.41, 5.74) is 4.71. The molecule has 1 heterocycles. The molecule has 1 aromatic carbocycles. The molecular weight excluding hydrogens is 314 g/mol. The first-order valence-corrected chi connectivity index (χ1v) is 10.4. The maximum absolute atomic E-state index is 4.33. The van der Waals surface area contributed by atoms with Crippen molar-refractivity contribution in [3.63, 3.8) is 0 Å². The monoisotopic (exact) mass is 357 g/mol. The van der Waals surface area contributed by atoms with Crippen LogP contribution >= 0.6 is 0 Å². The zero-order valence-electron chi connectivity index (χ0n) is 19.2. The van der Waals surface area contributed by atoms with E-state index in [9.17, 15) is 0 Å². The highest BCUT2D eigenvalue weighted by Crippen LogP contribution is 2.40. The summed E-state index contributed by atoms with van der Waals surface area (Å²) in [6.45, 7) is 22.5. The smallest absolute Gasteiger partial charge is 0.0704 e. The number of fused-ring (bicyclic) bond motifs is 1. The van der Waals surface area contributed by atoms with Crippen LogP contribution in [0.4, 0.5) is 0 Å². The van der Waals surface area contributed by atoms with E-state index in [0.717, 1.165) is 11.9 Å². The molecule has 2 aromatic rings. The van der Waals surface area contributed by atoms with E-state index < -0.39 is 0 Å². The molecule has 0 spiro atoms. The Morgan fingerprint density at radius 1 is 0.846 bits per heavy atom. The summed E-state index contributed by atoms with van der Waals surface area (Å²) in [4.78, 5) is 4.33. The molecule has 0 amide bonds.